The van der Waals surface area contributed by atoms with Crippen LogP contribution >= 0.6 is 0 Å². The molecule has 0 atom stereocenters. The van der Waals surface area contributed by atoms with Crippen LogP contribution in [0, 0.1) is 0 Å². The zero-order valence-electron chi connectivity index (χ0n) is 14.2. The Morgan fingerprint density at radius 2 is 1.46 bits per heavy atom. The van der Waals surface area contributed by atoms with E-state index in [9.17, 15) is 9.59 Å². The predicted octanol–water partition coefficient (Wildman–Crippen LogP) is -0.616. The standard InChI is InChI=1S/C8H10N2O2.C7H8N2O2.CH4.Li.H2O/c1-12-8(11)7-4-5-9-10(7)6-2-3-6;10-7(11)6-3-4-8-9(6)5-1-2-5;;;/h4-6H,2-3H2,1H3;3-5H,1-2H2,(H,10,11);1H4;;1H2/q;;;+1;/p-1. The van der Waals surface area contributed by atoms with E-state index in [-0.39, 0.29) is 37.7 Å². The number of aromatic nitrogens is 4. The van der Waals surface area contributed by atoms with Gasteiger partial charge in [-0.1, -0.05) is 7.43 Å². The summed E-state index contributed by atoms with van der Waals surface area (Å²) in [7, 11) is 1.38. The largest absolute Gasteiger partial charge is 1.00 e. The van der Waals surface area contributed by atoms with E-state index in [2.05, 4.69) is 14.9 Å². The number of nitrogens with zero attached hydrogens (tertiary/aromatic N) is 4. The predicted molar refractivity (Wildman–Crippen MR) is 88.0 cm³/mol. The molecule has 0 unspecified atom stereocenters. The Bertz CT molecular complexity index is 722. The normalized spacial score (nSPS) is 14.5. The number of carboxylic acid groups (broad SMARTS) is 1. The molecule has 26 heavy (non-hydrogen) atoms. The number of esters is 1. The summed E-state index contributed by atoms with van der Waals surface area (Å²) < 4.78 is 7.94. The molecule has 0 aliphatic heterocycles. The zero-order valence-corrected chi connectivity index (χ0v) is 14.2. The quantitative estimate of drug-likeness (QED) is 0.570. The number of ether oxygens (including phenoxy) is 1. The van der Waals surface area contributed by atoms with Gasteiger partial charge in [0, 0.05) is 12.4 Å². The fraction of sp³-hybridized carbons (Fsp3) is 0.500. The molecule has 0 saturated heterocycles. The van der Waals surface area contributed by atoms with Gasteiger partial charge in [0.25, 0.3) is 0 Å². The van der Waals surface area contributed by atoms with Crippen LogP contribution in [-0.2, 0) is 4.74 Å². The van der Waals surface area contributed by atoms with Crippen molar-refractivity contribution in [3.63, 3.8) is 0 Å². The van der Waals surface area contributed by atoms with E-state index in [0.29, 0.717) is 23.5 Å². The van der Waals surface area contributed by atoms with Gasteiger partial charge < -0.3 is 15.3 Å². The molecule has 2 saturated carbocycles. The fourth-order valence-electron chi connectivity index (χ4n) is 2.28. The average molecular weight is 358 g/mol. The summed E-state index contributed by atoms with van der Waals surface area (Å²) in [5, 5.41) is 16.7. The minimum absolute atomic E-state index is 0. The molecule has 2 aliphatic carbocycles. The van der Waals surface area contributed by atoms with Crippen molar-refractivity contribution >= 4 is 11.9 Å². The summed E-state index contributed by atoms with van der Waals surface area (Å²) in [6.45, 7) is 0. The second-order valence-corrected chi connectivity index (χ2v) is 5.58. The number of methoxy groups -OCH3 is 1. The van der Waals surface area contributed by atoms with Gasteiger partial charge in [-0.25, -0.2) is 9.59 Å². The van der Waals surface area contributed by atoms with Crippen molar-refractivity contribution in [3.8, 4) is 0 Å². The van der Waals surface area contributed by atoms with Crippen molar-refractivity contribution in [2.24, 2.45) is 0 Å². The van der Waals surface area contributed by atoms with Gasteiger partial charge in [0.2, 0.25) is 0 Å². The third-order valence-corrected chi connectivity index (χ3v) is 3.74. The third kappa shape index (κ3) is 5.46. The number of aromatic carboxylic acids is 1. The van der Waals surface area contributed by atoms with Gasteiger partial charge in [-0.15, -0.1) is 0 Å². The summed E-state index contributed by atoms with van der Waals surface area (Å²) in [6, 6.07) is 3.98. The molecule has 2 heterocycles. The molecule has 0 amide bonds. The van der Waals surface area contributed by atoms with Gasteiger partial charge in [-0.05, 0) is 37.8 Å². The van der Waals surface area contributed by atoms with Gasteiger partial charge in [0.15, 0.2) is 0 Å². The molecule has 138 valence electrons. The Morgan fingerprint density at radius 3 is 1.85 bits per heavy atom. The van der Waals surface area contributed by atoms with Gasteiger partial charge in [0.05, 0.1) is 19.2 Å². The maximum atomic E-state index is 11.1. The van der Waals surface area contributed by atoms with Crippen LogP contribution in [0.3, 0.4) is 0 Å². The van der Waals surface area contributed by atoms with Crippen LogP contribution in [0.5, 0.6) is 0 Å². The Kier molecular flexibility index (Phi) is 9.35. The first-order valence-corrected chi connectivity index (χ1v) is 7.50. The van der Waals surface area contributed by atoms with Crippen molar-refractivity contribution < 1.29 is 43.8 Å². The van der Waals surface area contributed by atoms with E-state index in [1.54, 1.807) is 21.6 Å². The van der Waals surface area contributed by atoms with Crippen LogP contribution in [0.4, 0.5) is 0 Å². The number of carboxylic acids is 1. The first-order valence-electron chi connectivity index (χ1n) is 7.50. The van der Waals surface area contributed by atoms with Gasteiger partial charge in [0.1, 0.15) is 11.4 Å². The molecular weight excluding hydrogens is 335 g/mol. The molecule has 9 nitrogen and oxygen atoms in total. The molecule has 0 spiro atoms. The van der Waals surface area contributed by atoms with Crippen LogP contribution in [0.15, 0.2) is 24.5 Å². The molecule has 10 heteroatoms. The summed E-state index contributed by atoms with van der Waals surface area (Å²) >= 11 is 0. The molecule has 4 rings (SSSR count). The van der Waals surface area contributed by atoms with E-state index in [0.717, 1.165) is 25.7 Å². The SMILES string of the molecule is C.COC(=O)c1ccnn1C1CC1.O=C(O)c1ccnn1C1CC1.[Li+].[OH-]. The topological polar surface area (TPSA) is 129 Å². The Morgan fingerprint density at radius 1 is 1.04 bits per heavy atom. The van der Waals surface area contributed by atoms with Crippen molar-refractivity contribution in [2.75, 3.05) is 7.11 Å². The molecule has 0 bridgehead atoms. The van der Waals surface area contributed by atoms with Gasteiger partial charge >= 0.3 is 30.8 Å². The van der Waals surface area contributed by atoms with E-state index >= 15 is 0 Å². The van der Waals surface area contributed by atoms with E-state index in [1.165, 1.54) is 19.4 Å². The van der Waals surface area contributed by atoms with E-state index in [1.807, 2.05) is 0 Å². The first-order chi connectivity index (χ1) is 11.1. The molecule has 2 aromatic heterocycles. The molecule has 0 aromatic carbocycles. The molecule has 0 radical (unpaired) electrons. The summed E-state index contributed by atoms with van der Waals surface area (Å²) in [6.07, 6.45) is 7.51. The maximum absolute atomic E-state index is 11.1. The number of hydrogen-bond acceptors (Lipinski definition) is 6. The van der Waals surface area contributed by atoms with E-state index < -0.39 is 5.97 Å². The number of carbonyl (C=O) groups excluding carboxylic acids is 1. The zero-order chi connectivity index (χ0) is 16.4. The minimum atomic E-state index is -0.894. The molecule has 2 fully saturated rings. The van der Waals surface area contributed by atoms with Crippen molar-refractivity contribution in [3.05, 3.63) is 35.9 Å². The fourth-order valence-corrected chi connectivity index (χ4v) is 2.28. The molecular formula is C16H23LiN4O5. The van der Waals surface area contributed by atoms with Crippen molar-refractivity contribution in [2.45, 2.75) is 45.2 Å². The maximum Gasteiger partial charge on any atom is 1.00 e. The van der Waals surface area contributed by atoms with Crippen LogP contribution in [-0.4, -0.2) is 49.2 Å². The smallest absolute Gasteiger partial charge is 0.870 e. The molecule has 2 N–H and O–H groups in total. The monoisotopic (exact) mass is 358 g/mol. The van der Waals surface area contributed by atoms with Crippen molar-refractivity contribution in [1.82, 2.24) is 19.6 Å². The summed E-state index contributed by atoms with van der Waals surface area (Å²) in [5.74, 6) is -1.20. The Hall–Kier alpha value is -2.08. The second kappa shape index (κ2) is 10.2. The van der Waals surface area contributed by atoms with Crippen LogP contribution in [0.2, 0.25) is 0 Å². The van der Waals surface area contributed by atoms with Crippen LogP contribution in [0.25, 0.3) is 0 Å². The second-order valence-electron chi connectivity index (χ2n) is 5.58. The van der Waals surface area contributed by atoms with Crippen LogP contribution in [0.1, 0.15) is 66.2 Å². The first kappa shape index (κ1) is 23.9. The summed E-state index contributed by atoms with van der Waals surface area (Å²) in [4.78, 5) is 21.7. The average Bonchev–Trinajstić information content (AvgIpc) is 3.48. The Labute approximate surface area is 163 Å². The minimum Gasteiger partial charge on any atom is -0.870 e. The number of carbonyl (C=O) groups is 2. The molecule has 2 aliphatic rings. The Balaban J connectivity index is 0.000000432. The van der Waals surface area contributed by atoms with Crippen molar-refractivity contribution in [1.29, 1.82) is 0 Å². The molecule has 2 aromatic rings. The van der Waals surface area contributed by atoms with E-state index in [4.69, 9.17) is 5.11 Å². The summed E-state index contributed by atoms with van der Waals surface area (Å²) in [5.41, 5.74) is 0.854. The van der Waals surface area contributed by atoms with Crippen LogP contribution < -0.4 is 18.9 Å². The van der Waals surface area contributed by atoms with Gasteiger partial charge in [-0.2, -0.15) is 10.2 Å². The third-order valence-electron chi connectivity index (χ3n) is 3.74. The number of hydrogen-bond donors (Lipinski definition) is 1. The number of rotatable bonds is 4. The van der Waals surface area contributed by atoms with Gasteiger partial charge in [-0.3, -0.25) is 9.36 Å².